The average molecular weight is 405 g/mol. The van der Waals surface area contributed by atoms with Crippen LogP contribution in [0.1, 0.15) is 44.1 Å². The number of aromatic nitrogens is 1. The lowest BCUT2D eigenvalue weighted by Gasteiger charge is -2.18. The van der Waals surface area contributed by atoms with Gasteiger partial charge < -0.3 is 14.6 Å². The number of hydrogen-bond acceptors (Lipinski definition) is 5. The van der Waals surface area contributed by atoms with Gasteiger partial charge >= 0.3 is 18.1 Å². The third-order valence-electron chi connectivity index (χ3n) is 3.63. The standard InChI is InChI=1S/C17H12F5NO5/c1-7-11(14(18)19)23-13(17(20,21)22)10(15(24)25)12(7)28-16(26)8-3-5-9(27-2)6-4-8/h3-6,14H,1-2H3,(H,24,25). The van der Waals surface area contributed by atoms with Crippen molar-refractivity contribution in [3.8, 4) is 11.5 Å². The molecule has 150 valence electrons. The largest absolute Gasteiger partial charge is 0.497 e. The summed E-state index contributed by atoms with van der Waals surface area (Å²) in [6.45, 7) is 0.887. The highest BCUT2D eigenvalue weighted by Crippen LogP contribution is 2.40. The van der Waals surface area contributed by atoms with Gasteiger partial charge in [-0.15, -0.1) is 0 Å². The van der Waals surface area contributed by atoms with Crippen LogP contribution in [-0.2, 0) is 6.18 Å². The molecule has 0 bridgehead atoms. The SMILES string of the molecule is COc1ccc(C(=O)Oc2c(C)c(C(F)F)nc(C(F)(F)F)c2C(=O)O)cc1. The first-order chi connectivity index (χ1) is 13.0. The van der Waals surface area contributed by atoms with Crippen molar-refractivity contribution >= 4 is 11.9 Å². The zero-order chi connectivity index (χ0) is 21.2. The molecule has 0 aliphatic carbocycles. The molecule has 0 fully saturated rings. The summed E-state index contributed by atoms with van der Waals surface area (Å²) in [6.07, 6.45) is -8.82. The summed E-state index contributed by atoms with van der Waals surface area (Å²) < 4.78 is 75.5. The van der Waals surface area contributed by atoms with Crippen LogP contribution in [0.4, 0.5) is 22.0 Å². The van der Waals surface area contributed by atoms with Crippen LogP contribution in [0.15, 0.2) is 24.3 Å². The highest BCUT2D eigenvalue weighted by atomic mass is 19.4. The van der Waals surface area contributed by atoms with Crippen molar-refractivity contribution in [1.29, 1.82) is 0 Å². The molecule has 28 heavy (non-hydrogen) atoms. The maximum Gasteiger partial charge on any atom is 0.434 e. The van der Waals surface area contributed by atoms with E-state index < -0.39 is 52.8 Å². The molecule has 0 saturated carbocycles. The number of rotatable bonds is 5. The molecule has 1 aromatic carbocycles. The molecule has 0 amide bonds. The maximum absolute atomic E-state index is 13.2. The average Bonchev–Trinajstić information content (AvgIpc) is 2.61. The second-order valence-electron chi connectivity index (χ2n) is 5.40. The number of halogens is 5. The van der Waals surface area contributed by atoms with Crippen molar-refractivity contribution in [3.05, 3.63) is 52.3 Å². The number of carbonyl (C=O) groups excluding carboxylic acids is 1. The first-order valence-electron chi connectivity index (χ1n) is 7.46. The number of alkyl halides is 5. The number of carboxylic acid groups (broad SMARTS) is 1. The fraction of sp³-hybridized carbons (Fsp3) is 0.235. The van der Waals surface area contributed by atoms with Crippen molar-refractivity contribution in [2.75, 3.05) is 7.11 Å². The van der Waals surface area contributed by atoms with Gasteiger partial charge in [0.2, 0.25) is 0 Å². The van der Waals surface area contributed by atoms with Crippen LogP contribution in [0.25, 0.3) is 0 Å². The van der Waals surface area contributed by atoms with Gasteiger partial charge in [0.05, 0.1) is 12.7 Å². The molecule has 0 unspecified atom stereocenters. The molecule has 0 aliphatic rings. The first kappa shape index (κ1) is 21.1. The summed E-state index contributed by atoms with van der Waals surface area (Å²) in [5, 5.41) is 9.18. The third kappa shape index (κ3) is 4.18. The van der Waals surface area contributed by atoms with Gasteiger partial charge in [-0.1, -0.05) is 0 Å². The molecule has 6 nitrogen and oxygen atoms in total. The Morgan fingerprint density at radius 3 is 2.14 bits per heavy atom. The Balaban J connectivity index is 2.64. The van der Waals surface area contributed by atoms with Gasteiger partial charge in [0.25, 0.3) is 6.43 Å². The molecule has 0 radical (unpaired) electrons. The van der Waals surface area contributed by atoms with E-state index in [1.165, 1.54) is 31.4 Å². The minimum Gasteiger partial charge on any atom is -0.497 e. The molecule has 0 aliphatic heterocycles. The molecular formula is C17H12F5NO5. The van der Waals surface area contributed by atoms with Gasteiger partial charge in [0, 0.05) is 5.56 Å². The number of aromatic carboxylic acids is 1. The number of ether oxygens (including phenoxy) is 2. The monoisotopic (exact) mass is 405 g/mol. The van der Waals surface area contributed by atoms with E-state index in [4.69, 9.17) is 9.47 Å². The quantitative estimate of drug-likeness (QED) is 0.591. The molecule has 11 heteroatoms. The summed E-state index contributed by atoms with van der Waals surface area (Å²) in [7, 11) is 1.36. The van der Waals surface area contributed by atoms with Crippen LogP contribution >= 0.6 is 0 Å². The highest BCUT2D eigenvalue weighted by molar-refractivity contribution is 5.97. The van der Waals surface area contributed by atoms with E-state index in [1.807, 2.05) is 0 Å². The van der Waals surface area contributed by atoms with Crippen molar-refractivity contribution in [1.82, 2.24) is 4.98 Å². The summed E-state index contributed by atoms with van der Waals surface area (Å²) in [5.41, 5.74) is -5.81. The van der Waals surface area contributed by atoms with Crippen LogP contribution in [0, 0.1) is 6.92 Å². The second kappa shape index (κ2) is 7.79. The molecule has 1 N–H and O–H groups in total. The normalized spacial score (nSPS) is 11.4. The number of carboxylic acids is 1. The Kier molecular flexibility index (Phi) is 5.86. The highest BCUT2D eigenvalue weighted by Gasteiger charge is 2.42. The van der Waals surface area contributed by atoms with Crippen LogP contribution < -0.4 is 9.47 Å². The molecular weight excluding hydrogens is 393 g/mol. The van der Waals surface area contributed by atoms with Gasteiger partial charge in [0.1, 0.15) is 17.0 Å². The lowest BCUT2D eigenvalue weighted by molar-refractivity contribution is -0.142. The van der Waals surface area contributed by atoms with E-state index in [2.05, 4.69) is 4.98 Å². The second-order valence-corrected chi connectivity index (χ2v) is 5.40. The van der Waals surface area contributed by atoms with Crippen molar-refractivity contribution < 1.29 is 46.1 Å². The zero-order valence-electron chi connectivity index (χ0n) is 14.3. The number of esters is 1. The number of benzene rings is 1. The summed E-state index contributed by atoms with van der Waals surface area (Å²) in [5.74, 6) is -4.16. The molecule has 2 rings (SSSR count). The Labute approximate surface area is 154 Å². The molecule has 0 atom stereocenters. The topological polar surface area (TPSA) is 85.7 Å². The fourth-order valence-corrected chi connectivity index (χ4v) is 2.29. The van der Waals surface area contributed by atoms with Gasteiger partial charge in [-0.25, -0.2) is 23.4 Å². The van der Waals surface area contributed by atoms with Crippen LogP contribution in [0.2, 0.25) is 0 Å². The minimum atomic E-state index is -5.37. The van der Waals surface area contributed by atoms with Gasteiger partial charge in [-0.3, -0.25) is 0 Å². The number of hydrogen-bond donors (Lipinski definition) is 1. The van der Waals surface area contributed by atoms with Gasteiger partial charge in [-0.2, -0.15) is 13.2 Å². The first-order valence-corrected chi connectivity index (χ1v) is 7.46. The predicted octanol–water partition coefficient (Wildman–Crippen LogP) is 4.27. The Morgan fingerprint density at radius 2 is 1.71 bits per heavy atom. The number of methoxy groups -OCH3 is 1. The van der Waals surface area contributed by atoms with E-state index in [9.17, 15) is 36.6 Å². The van der Waals surface area contributed by atoms with Crippen molar-refractivity contribution in [3.63, 3.8) is 0 Å². The number of carbonyl (C=O) groups is 2. The van der Waals surface area contributed by atoms with Crippen molar-refractivity contribution in [2.24, 2.45) is 0 Å². The Bertz CT molecular complexity index is 910. The number of nitrogens with zero attached hydrogens (tertiary/aromatic N) is 1. The fourth-order valence-electron chi connectivity index (χ4n) is 2.29. The van der Waals surface area contributed by atoms with E-state index in [0.717, 1.165) is 6.92 Å². The molecule has 0 saturated heterocycles. The lowest BCUT2D eigenvalue weighted by atomic mass is 10.1. The lowest BCUT2D eigenvalue weighted by Crippen LogP contribution is -2.21. The van der Waals surface area contributed by atoms with Gasteiger partial charge in [-0.05, 0) is 31.2 Å². The van der Waals surface area contributed by atoms with Gasteiger partial charge in [0.15, 0.2) is 11.4 Å². The summed E-state index contributed by atoms with van der Waals surface area (Å²) >= 11 is 0. The van der Waals surface area contributed by atoms with E-state index in [-0.39, 0.29) is 5.56 Å². The third-order valence-corrected chi connectivity index (χ3v) is 3.63. The van der Waals surface area contributed by atoms with Crippen LogP contribution in [-0.4, -0.2) is 29.1 Å². The van der Waals surface area contributed by atoms with Crippen molar-refractivity contribution in [2.45, 2.75) is 19.5 Å². The minimum absolute atomic E-state index is 0.166. The summed E-state index contributed by atoms with van der Waals surface area (Å²) in [4.78, 5) is 26.4. The van der Waals surface area contributed by atoms with E-state index in [1.54, 1.807) is 0 Å². The molecule has 1 aromatic heterocycles. The Hall–Kier alpha value is -3.24. The number of pyridine rings is 1. The summed E-state index contributed by atoms with van der Waals surface area (Å²) in [6, 6.07) is 5.10. The molecule has 1 heterocycles. The Morgan fingerprint density at radius 1 is 1.14 bits per heavy atom. The predicted molar refractivity (Wildman–Crippen MR) is 83.8 cm³/mol. The maximum atomic E-state index is 13.2. The molecule has 0 spiro atoms. The van der Waals surface area contributed by atoms with E-state index in [0.29, 0.717) is 5.75 Å². The van der Waals surface area contributed by atoms with E-state index >= 15 is 0 Å². The van der Waals surface area contributed by atoms with Crippen LogP contribution in [0.3, 0.4) is 0 Å². The zero-order valence-corrected chi connectivity index (χ0v) is 14.3. The smallest absolute Gasteiger partial charge is 0.434 e. The molecule has 2 aromatic rings. The van der Waals surface area contributed by atoms with Crippen LogP contribution in [0.5, 0.6) is 11.5 Å².